The van der Waals surface area contributed by atoms with Crippen molar-refractivity contribution in [1.82, 2.24) is 9.78 Å². The highest BCUT2D eigenvalue weighted by Crippen LogP contribution is 2.17. The second-order valence-electron chi connectivity index (χ2n) is 4.54. The van der Waals surface area contributed by atoms with E-state index in [1.54, 1.807) is 17.8 Å². The molecule has 1 aromatic carbocycles. The van der Waals surface area contributed by atoms with Crippen LogP contribution in [0.4, 0.5) is 0 Å². The average Bonchev–Trinajstić information content (AvgIpc) is 2.75. The number of aromatic nitrogens is 2. The van der Waals surface area contributed by atoms with Gasteiger partial charge in [-0.05, 0) is 51.0 Å². The molecule has 0 aliphatic rings. The van der Waals surface area contributed by atoms with Gasteiger partial charge in [-0.1, -0.05) is 6.07 Å². The number of ether oxygens (including phenoxy) is 1. The number of aryl methyl sites for hydroxylation is 2. The van der Waals surface area contributed by atoms with Crippen LogP contribution in [-0.4, -0.2) is 22.4 Å². The monoisotopic (exact) mass is 258 g/mol. The van der Waals surface area contributed by atoms with Crippen molar-refractivity contribution >= 4 is 5.97 Å². The highest BCUT2D eigenvalue weighted by atomic mass is 16.5. The Morgan fingerprint density at radius 2 is 2.00 bits per heavy atom. The lowest BCUT2D eigenvalue weighted by Gasteiger charge is -2.08. The van der Waals surface area contributed by atoms with E-state index < -0.39 is 0 Å². The number of esters is 1. The van der Waals surface area contributed by atoms with Crippen LogP contribution in [0, 0.1) is 20.8 Å². The second kappa shape index (κ2) is 5.26. The molecule has 0 spiro atoms. The summed E-state index contributed by atoms with van der Waals surface area (Å²) in [7, 11) is 0. The van der Waals surface area contributed by atoms with Crippen LogP contribution in [0.2, 0.25) is 0 Å². The quantitative estimate of drug-likeness (QED) is 0.795. The van der Waals surface area contributed by atoms with Crippen LogP contribution in [-0.2, 0) is 4.74 Å². The highest BCUT2D eigenvalue weighted by Gasteiger charge is 2.16. The fourth-order valence-corrected chi connectivity index (χ4v) is 1.94. The molecule has 1 aromatic heterocycles. The van der Waals surface area contributed by atoms with Gasteiger partial charge in [0.15, 0.2) is 0 Å². The van der Waals surface area contributed by atoms with E-state index in [0.717, 1.165) is 11.4 Å². The summed E-state index contributed by atoms with van der Waals surface area (Å²) in [6.07, 6.45) is 1.56. The summed E-state index contributed by atoms with van der Waals surface area (Å²) in [6.45, 7) is 8.16. The van der Waals surface area contributed by atoms with Crippen molar-refractivity contribution in [3.05, 3.63) is 46.8 Å². The minimum atomic E-state index is -0.324. The Hall–Kier alpha value is -2.10. The van der Waals surface area contributed by atoms with Crippen LogP contribution in [0.25, 0.3) is 5.69 Å². The molecule has 0 radical (unpaired) electrons. The van der Waals surface area contributed by atoms with E-state index in [2.05, 4.69) is 31.1 Å². The van der Waals surface area contributed by atoms with E-state index >= 15 is 0 Å². The summed E-state index contributed by atoms with van der Waals surface area (Å²) in [5, 5.41) is 4.28. The molecule has 100 valence electrons. The van der Waals surface area contributed by atoms with E-state index in [-0.39, 0.29) is 5.97 Å². The van der Waals surface area contributed by atoms with Gasteiger partial charge in [-0.2, -0.15) is 5.10 Å². The minimum Gasteiger partial charge on any atom is -0.462 e. The normalized spacial score (nSPS) is 10.5. The molecule has 0 aliphatic carbocycles. The van der Waals surface area contributed by atoms with E-state index in [0.29, 0.717) is 12.2 Å². The Morgan fingerprint density at radius 1 is 1.26 bits per heavy atom. The minimum absolute atomic E-state index is 0.324. The Bertz CT molecular complexity index is 615. The molecular formula is C15H18N2O2. The van der Waals surface area contributed by atoms with Gasteiger partial charge in [0.1, 0.15) is 5.56 Å². The molecule has 19 heavy (non-hydrogen) atoms. The van der Waals surface area contributed by atoms with Gasteiger partial charge in [-0.3, -0.25) is 0 Å². The van der Waals surface area contributed by atoms with Crippen molar-refractivity contribution < 1.29 is 9.53 Å². The van der Waals surface area contributed by atoms with Crippen molar-refractivity contribution in [2.45, 2.75) is 27.7 Å². The molecule has 2 aromatic rings. The molecule has 0 unspecified atom stereocenters. The lowest BCUT2D eigenvalue weighted by atomic mass is 10.1. The first-order valence-corrected chi connectivity index (χ1v) is 6.34. The maximum atomic E-state index is 11.8. The van der Waals surface area contributed by atoms with E-state index in [9.17, 15) is 4.79 Å². The van der Waals surface area contributed by atoms with Crippen molar-refractivity contribution in [3.63, 3.8) is 0 Å². The molecule has 0 atom stereocenters. The van der Waals surface area contributed by atoms with Crippen LogP contribution in [0.15, 0.2) is 24.4 Å². The molecule has 0 N–H and O–H groups in total. The summed E-state index contributed by atoms with van der Waals surface area (Å²) in [6, 6.07) is 6.11. The van der Waals surface area contributed by atoms with Gasteiger partial charge in [-0.25, -0.2) is 9.48 Å². The van der Waals surface area contributed by atoms with Crippen LogP contribution in [0.1, 0.15) is 34.1 Å². The second-order valence-corrected chi connectivity index (χ2v) is 4.54. The first kappa shape index (κ1) is 13.3. The van der Waals surface area contributed by atoms with Gasteiger partial charge >= 0.3 is 5.97 Å². The molecule has 0 saturated heterocycles. The van der Waals surface area contributed by atoms with Crippen molar-refractivity contribution in [1.29, 1.82) is 0 Å². The fourth-order valence-electron chi connectivity index (χ4n) is 1.94. The summed E-state index contributed by atoms with van der Waals surface area (Å²) in [5.74, 6) is -0.324. The smallest absolute Gasteiger partial charge is 0.341 e. The number of carbonyl (C=O) groups excluding carboxylic acids is 1. The molecule has 0 bridgehead atoms. The highest BCUT2D eigenvalue weighted by molar-refractivity contribution is 5.90. The van der Waals surface area contributed by atoms with Crippen LogP contribution < -0.4 is 0 Å². The van der Waals surface area contributed by atoms with Gasteiger partial charge in [-0.15, -0.1) is 0 Å². The predicted octanol–water partition coefficient (Wildman–Crippen LogP) is 2.97. The maximum Gasteiger partial charge on any atom is 0.341 e. The lowest BCUT2D eigenvalue weighted by molar-refractivity contribution is 0.0525. The standard InChI is InChI=1S/C15H18N2O2/c1-5-19-15(18)14-9-16-17(12(14)4)13-7-6-10(2)11(3)8-13/h6-9H,5H2,1-4H3. The summed E-state index contributed by atoms with van der Waals surface area (Å²) in [5.41, 5.74) is 4.70. The number of carbonyl (C=O) groups is 1. The Kier molecular flexibility index (Phi) is 3.69. The van der Waals surface area contributed by atoms with Crippen molar-refractivity contribution in [3.8, 4) is 5.69 Å². The van der Waals surface area contributed by atoms with Gasteiger partial charge in [0, 0.05) is 0 Å². The fraction of sp³-hybridized carbons (Fsp3) is 0.333. The number of hydrogen-bond donors (Lipinski definition) is 0. The summed E-state index contributed by atoms with van der Waals surface area (Å²) < 4.78 is 6.77. The molecule has 0 fully saturated rings. The maximum absolute atomic E-state index is 11.8. The van der Waals surface area contributed by atoms with E-state index in [1.165, 1.54) is 11.1 Å². The first-order valence-electron chi connectivity index (χ1n) is 6.34. The third kappa shape index (κ3) is 2.52. The number of rotatable bonds is 3. The van der Waals surface area contributed by atoms with Gasteiger partial charge < -0.3 is 4.74 Å². The largest absolute Gasteiger partial charge is 0.462 e. The first-order chi connectivity index (χ1) is 9.04. The molecule has 1 heterocycles. The molecule has 4 heteroatoms. The van der Waals surface area contributed by atoms with Gasteiger partial charge in [0.25, 0.3) is 0 Å². The third-order valence-corrected chi connectivity index (χ3v) is 3.24. The molecule has 0 saturated carbocycles. The molecule has 2 rings (SSSR count). The molecule has 4 nitrogen and oxygen atoms in total. The Balaban J connectivity index is 2.41. The zero-order valence-corrected chi connectivity index (χ0v) is 11.7. The third-order valence-electron chi connectivity index (χ3n) is 3.24. The summed E-state index contributed by atoms with van der Waals surface area (Å²) in [4.78, 5) is 11.8. The van der Waals surface area contributed by atoms with Gasteiger partial charge in [0.2, 0.25) is 0 Å². The van der Waals surface area contributed by atoms with Crippen LogP contribution in [0.3, 0.4) is 0 Å². The number of hydrogen-bond acceptors (Lipinski definition) is 3. The van der Waals surface area contributed by atoms with Crippen molar-refractivity contribution in [2.75, 3.05) is 6.61 Å². The van der Waals surface area contributed by atoms with Crippen LogP contribution in [0.5, 0.6) is 0 Å². The molecule has 0 aliphatic heterocycles. The number of nitrogens with zero attached hydrogens (tertiary/aromatic N) is 2. The predicted molar refractivity (Wildman–Crippen MR) is 73.7 cm³/mol. The number of benzene rings is 1. The molecule has 0 amide bonds. The summed E-state index contributed by atoms with van der Waals surface area (Å²) >= 11 is 0. The Morgan fingerprint density at radius 3 is 2.63 bits per heavy atom. The van der Waals surface area contributed by atoms with Gasteiger partial charge in [0.05, 0.1) is 24.2 Å². The lowest BCUT2D eigenvalue weighted by Crippen LogP contribution is -2.07. The van der Waals surface area contributed by atoms with E-state index in [1.807, 2.05) is 13.0 Å². The average molecular weight is 258 g/mol. The van der Waals surface area contributed by atoms with E-state index in [4.69, 9.17) is 4.74 Å². The zero-order chi connectivity index (χ0) is 14.0. The molecular weight excluding hydrogens is 240 g/mol. The Labute approximate surface area is 113 Å². The SMILES string of the molecule is CCOC(=O)c1cnn(-c2ccc(C)c(C)c2)c1C. The topological polar surface area (TPSA) is 44.1 Å². The van der Waals surface area contributed by atoms with Crippen molar-refractivity contribution in [2.24, 2.45) is 0 Å². The zero-order valence-electron chi connectivity index (χ0n) is 11.7. The van der Waals surface area contributed by atoms with Crippen LogP contribution >= 0.6 is 0 Å².